The van der Waals surface area contributed by atoms with Gasteiger partial charge in [0, 0.05) is 30.5 Å². The molecule has 0 aliphatic carbocycles. The summed E-state index contributed by atoms with van der Waals surface area (Å²) in [7, 11) is 2.05. The van der Waals surface area contributed by atoms with E-state index in [0.29, 0.717) is 6.04 Å². The minimum atomic E-state index is 0.617. The fourth-order valence-electron chi connectivity index (χ4n) is 2.93. The molecule has 4 heteroatoms. The molecule has 1 fully saturated rings. The molecule has 1 aromatic heterocycles. The lowest BCUT2D eigenvalue weighted by molar-refractivity contribution is 0.372. The van der Waals surface area contributed by atoms with Crippen molar-refractivity contribution in [2.24, 2.45) is 13.0 Å². The Balaban J connectivity index is 2.33. The molecule has 1 aromatic rings. The summed E-state index contributed by atoms with van der Waals surface area (Å²) in [6, 6.07) is 0.617. The van der Waals surface area contributed by atoms with E-state index < -0.39 is 0 Å². The average molecular weight is 300 g/mol. The van der Waals surface area contributed by atoms with Crippen LogP contribution in [0.4, 0.5) is 5.82 Å². The maximum absolute atomic E-state index is 4.56. The zero-order chi connectivity index (χ0) is 12.6. The van der Waals surface area contributed by atoms with E-state index in [1.165, 1.54) is 24.2 Å². The third-order valence-corrected chi connectivity index (χ3v) is 4.42. The van der Waals surface area contributed by atoms with Gasteiger partial charge in [0.1, 0.15) is 5.82 Å². The maximum Gasteiger partial charge on any atom is 0.131 e. The second-order valence-corrected chi connectivity index (χ2v) is 5.88. The van der Waals surface area contributed by atoms with E-state index in [9.17, 15) is 0 Å². The Morgan fingerprint density at radius 1 is 1.41 bits per heavy atom. The number of hydrogen-bond acceptors (Lipinski definition) is 2. The molecular formula is C13H22BrN3. The summed E-state index contributed by atoms with van der Waals surface area (Å²) in [5, 5.41) is 5.45. The van der Waals surface area contributed by atoms with Crippen molar-refractivity contribution in [1.29, 1.82) is 0 Å². The Labute approximate surface area is 112 Å². The molecule has 0 spiro atoms. The molecule has 0 aromatic carbocycles. The molecule has 96 valence electrons. The first kappa shape index (κ1) is 12.9. The number of hydrogen-bond donors (Lipinski definition) is 0. The molecule has 2 atom stereocenters. The fourth-order valence-corrected chi connectivity index (χ4v) is 3.58. The van der Waals surface area contributed by atoms with Gasteiger partial charge in [-0.3, -0.25) is 4.68 Å². The van der Waals surface area contributed by atoms with Crippen LogP contribution in [0.15, 0.2) is 0 Å². The van der Waals surface area contributed by atoms with Gasteiger partial charge in [0.2, 0.25) is 0 Å². The van der Waals surface area contributed by atoms with Gasteiger partial charge in [0.25, 0.3) is 0 Å². The molecule has 17 heavy (non-hydrogen) atoms. The van der Waals surface area contributed by atoms with E-state index in [1.54, 1.807) is 0 Å². The Morgan fingerprint density at radius 2 is 2.12 bits per heavy atom. The van der Waals surface area contributed by atoms with Crippen LogP contribution in [0.2, 0.25) is 0 Å². The zero-order valence-corrected chi connectivity index (χ0v) is 12.8. The van der Waals surface area contributed by atoms with Gasteiger partial charge >= 0.3 is 0 Å². The number of nitrogens with zero attached hydrogens (tertiary/aromatic N) is 3. The highest BCUT2D eigenvalue weighted by Gasteiger charge is 2.27. The van der Waals surface area contributed by atoms with Crippen molar-refractivity contribution in [3.05, 3.63) is 11.3 Å². The molecule has 2 rings (SSSR count). The molecule has 1 aliphatic rings. The summed E-state index contributed by atoms with van der Waals surface area (Å²) >= 11 is 3.59. The van der Waals surface area contributed by atoms with Crippen LogP contribution >= 0.6 is 15.9 Å². The smallest absolute Gasteiger partial charge is 0.131 e. The Morgan fingerprint density at radius 3 is 2.71 bits per heavy atom. The zero-order valence-electron chi connectivity index (χ0n) is 11.2. The fraction of sp³-hybridized carbons (Fsp3) is 0.769. The number of aryl methyl sites for hydroxylation is 2. The van der Waals surface area contributed by atoms with Gasteiger partial charge in [-0.05, 0) is 32.6 Å². The van der Waals surface area contributed by atoms with Crippen LogP contribution in [-0.4, -0.2) is 22.4 Å². The Kier molecular flexibility index (Phi) is 3.81. The number of alkyl halides is 1. The third kappa shape index (κ3) is 2.37. The SMILES string of the molecule is Cc1nn(C)c(N2CCC(C)CC2C)c1CBr. The highest BCUT2D eigenvalue weighted by atomic mass is 79.9. The second-order valence-electron chi connectivity index (χ2n) is 5.32. The molecule has 2 unspecified atom stereocenters. The Hall–Kier alpha value is -0.510. The predicted molar refractivity (Wildman–Crippen MR) is 75.8 cm³/mol. The minimum absolute atomic E-state index is 0.617. The monoisotopic (exact) mass is 299 g/mol. The lowest BCUT2D eigenvalue weighted by Crippen LogP contribution is -2.41. The van der Waals surface area contributed by atoms with Gasteiger partial charge in [-0.1, -0.05) is 22.9 Å². The number of halogens is 1. The summed E-state index contributed by atoms with van der Waals surface area (Å²) in [6.45, 7) is 7.93. The highest BCUT2D eigenvalue weighted by molar-refractivity contribution is 9.08. The van der Waals surface area contributed by atoms with E-state index in [1.807, 2.05) is 4.68 Å². The molecule has 0 amide bonds. The largest absolute Gasteiger partial charge is 0.354 e. The van der Waals surface area contributed by atoms with E-state index >= 15 is 0 Å². The van der Waals surface area contributed by atoms with Gasteiger partial charge in [0.15, 0.2) is 0 Å². The minimum Gasteiger partial charge on any atom is -0.354 e. The van der Waals surface area contributed by atoms with Crippen LogP contribution in [0.25, 0.3) is 0 Å². The first-order valence-corrected chi connectivity index (χ1v) is 7.51. The van der Waals surface area contributed by atoms with Gasteiger partial charge in [-0.2, -0.15) is 5.10 Å². The Bertz CT molecular complexity index is 400. The molecule has 1 saturated heterocycles. The lowest BCUT2D eigenvalue weighted by Gasteiger charge is -2.38. The van der Waals surface area contributed by atoms with Crippen molar-refractivity contribution in [2.45, 2.75) is 45.0 Å². The van der Waals surface area contributed by atoms with Crippen molar-refractivity contribution in [2.75, 3.05) is 11.4 Å². The topological polar surface area (TPSA) is 21.1 Å². The maximum atomic E-state index is 4.56. The molecule has 1 aliphatic heterocycles. The number of piperidine rings is 1. The molecule has 2 heterocycles. The quantitative estimate of drug-likeness (QED) is 0.782. The molecule has 0 saturated carbocycles. The predicted octanol–water partition coefficient (Wildman–Crippen LogP) is 3.25. The lowest BCUT2D eigenvalue weighted by atomic mass is 9.93. The van der Waals surface area contributed by atoms with Gasteiger partial charge in [0.05, 0.1) is 5.69 Å². The van der Waals surface area contributed by atoms with Gasteiger partial charge in [-0.15, -0.1) is 0 Å². The summed E-state index contributed by atoms with van der Waals surface area (Å²) in [5.74, 6) is 2.15. The van der Waals surface area contributed by atoms with E-state index in [4.69, 9.17) is 0 Å². The van der Waals surface area contributed by atoms with Crippen molar-refractivity contribution >= 4 is 21.7 Å². The van der Waals surface area contributed by atoms with Crippen molar-refractivity contribution in [3.8, 4) is 0 Å². The number of rotatable bonds is 2. The number of aromatic nitrogens is 2. The molecular weight excluding hydrogens is 278 g/mol. The van der Waals surface area contributed by atoms with E-state index in [2.05, 4.69) is 53.7 Å². The highest BCUT2D eigenvalue weighted by Crippen LogP contribution is 2.32. The normalized spacial score (nSPS) is 25.4. The standard InChI is InChI=1S/C13H22BrN3/c1-9-5-6-17(10(2)7-9)13-12(8-14)11(3)15-16(13)4/h9-10H,5-8H2,1-4H3. The molecule has 3 nitrogen and oxygen atoms in total. The summed E-state index contributed by atoms with van der Waals surface area (Å²) in [6.07, 6.45) is 2.57. The van der Waals surface area contributed by atoms with Crippen molar-refractivity contribution < 1.29 is 0 Å². The number of anilines is 1. The first-order valence-electron chi connectivity index (χ1n) is 6.39. The van der Waals surface area contributed by atoms with E-state index in [0.717, 1.165) is 23.5 Å². The van der Waals surface area contributed by atoms with Crippen LogP contribution in [0.1, 0.15) is 37.9 Å². The van der Waals surface area contributed by atoms with E-state index in [-0.39, 0.29) is 0 Å². The van der Waals surface area contributed by atoms with Crippen LogP contribution in [0, 0.1) is 12.8 Å². The van der Waals surface area contributed by atoms with Crippen molar-refractivity contribution in [1.82, 2.24) is 9.78 Å². The van der Waals surface area contributed by atoms with Crippen molar-refractivity contribution in [3.63, 3.8) is 0 Å². The molecule has 0 radical (unpaired) electrons. The van der Waals surface area contributed by atoms with Crippen LogP contribution in [0.3, 0.4) is 0 Å². The first-order chi connectivity index (χ1) is 8.04. The summed E-state index contributed by atoms with van der Waals surface area (Å²) < 4.78 is 2.04. The molecule has 0 bridgehead atoms. The summed E-state index contributed by atoms with van der Waals surface area (Å²) in [5.41, 5.74) is 2.49. The van der Waals surface area contributed by atoms with Crippen LogP contribution < -0.4 is 4.90 Å². The van der Waals surface area contributed by atoms with Crippen LogP contribution in [0.5, 0.6) is 0 Å². The second kappa shape index (κ2) is 5.01. The summed E-state index contributed by atoms with van der Waals surface area (Å²) in [4.78, 5) is 2.52. The molecule has 0 N–H and O–H groups in total. The van der Waals surface area contributed by atoms with Crippen LogP contribution in [-0.2, 0) is 12.4 Å². The van der Waals surface area contributed by atoms with Gasteiger partial charge < -0.3 is 4.90 Å². The third-order valence-electron chi connectivity index (χ3n) is 3.86. The average Bonchev–Trinajstić information content (AvgIpc) is 2.53. The van der Waals surface area contributed by atoms with Gasteiger partial charge in [-0.25, -0.2) is 0 Å².